The summed E-state index contributed by atoms with van der Waals surface area (Å²) in [5, 5.41) is 0.527. The molecule has 186 valence electrons. The number of anilines is 1. The molecule has 1 aliphatic heterocycles. The lowest BCUT2D eigenvalue weighted by atomic mass is 10.1. The van der Waals surface area contributed by atoms with E-state index >= 15 is 0 Å². The van der Waals surface area contributed by atoms with Gasteiger partial charge in [-0.25, -0.2) is 4.79 Å². The summed E-state index contributed by atoms with van der Waals surface area (Å²) < 4.78 is 6.24. The number of nitrogens with two attached hydrogens (primary N) is 2. The van der Waals surface area contributed by atoms with Gasteiger partial charge in [0.1, 0.15) is 5.25 Å². The molecule has 0 aliphatic carbocycles. The smallest absolute Gasteiger partial charge is 0.357 e. The molecular weight excluding hydrogens is 568 g/mol. The number of carbonyl (C=O) groups excluding carboxylic acids is 3. The number of nitrogen functional groups attached to an aromatic ring is 1. The number of amides is 1. The van der Waals surface area contributed by atoms with Crippen molar-refractivity contribution >= 4 is 92.6 Å². The van der Waals surface area contributed by atoms with Crippen molar-refractivity contribution in [2.75, 3.05) is 12.3 Å². The van der Waals surface area contributed by atoms with Gasteiger partial charge >= 0.3 is 5.97 Å². The van der Waals surface area contributed by atoms with E-state index in [0.29, 0.717) is 26.2 Å². The summed E-state index contributed by atoms with van der Waals surface area (Å²) in [5.41, 5.74) is 12.7. The summed E-state index contributed by atoms with van der Waals surface area (Å²) in [5.74, 6) is -2.24. The fraction of sp³-hybridized carbons (Fsp3) is 0.125. The number of carbonyl (C=O) groups is 3. The summed E-state index contributed by atoms with van der Waals surface area (Å²) in [4.78, 5) is 39.5. The van der Waals surface area contributed by atoms with Gasteiger partial charge < -0.3 is 16.2 Å². The van der Waals surface area contributed by atoms with Crippen LogP contribution in [0.5, 0.6) is 0 Å². The molecule has 1 aliphatic rings. The Labute approximate surface area is 229 Å². The summed E-state index contributed by atoms with van der Waals surface area (Å²) in [6, 6.07) is 9.38. The molecule has 0 radical (unpaired) electrons. The summed E-state index contributed by atoms with van der Waals surface area (Å²) in [6.07, 6.45) is 1.55. The highest BCUT2D eigenvalue weighted by molar-refractivity contribution is 8.10. The van der Waals surface area contributed by atoms with Crippen molar-refractivity contribution in [3.05, 3.63) is 83.9 Å². The Hall–Kier alpha value is -2.62. The molecule has 2 heterocycles. The van der Waals surface area contributed by atoms with Crippen LogP contribution in [0.4, 0.5) is 5.69 Å². The zero-order valence-corrected chi connectivity index (χ0v) is 22.3. The number of hydrogen-bond acceptors (Lipinski definition) is 6. The van der Waals surface area contributed by atoms with Gasteiger partial charge in [-0.15, -0.1) is 0 Å². The standard InChI is InChI=1S/C24H17Cl4N3O4S/c1-2-35-24(34)19-17(29)14(7-10-3-4-11(25)8-15(10)27)18-21(22(30)32)36-20(23(33)31(18)19)13-6-5-12(26)9-16(13)28/h3-9,20H,2,29H2,1H3,(H2,30,32)/b14-7+/t20-/m1/s1. The Morgan fingerprint density at radius 2 is 1.72 bits per heavy atom. The number of aromatic nitrogens is 1. The van der Waals surface area contributed by atoms with Crippen molar-refractivity contribution in [2.45, 2.75) is 12.2 Å². The van der Waals surface area contributed by atoms with E-state index in [0.717, 1.165) is 16.3 Å². The summed E-state index contributed by atoms with van der Waals surface area (Å²) in [6.45, 7) is 1.65. The van der Waals surface area contributed by atoms with Gasteiger partial charge in [0.25, 0.3) is 5.91 Å². The SMILES string of the molecule is CCOC(=O)c1c(N)/c(=C\c2ccc(Cl)cc2Cl)c2n1C(=O)[C@@H](c1ccc(Cl)cc1Cl)SC=2C(N)=O. The second-order valence-corrected chi connectivity index (χ2v) is 10.4. The van der Waals surface area contributed by atoms with Gasteiger partial charge in [0.2, 0.25) is 5.91 Å². The minimum atomic E-state index is -1.02. The normalized spacial score (nSPS) is 15.7. The highest BCUT2D eigenvalue weighted by atomic mass is 35.5. The van der Waals surface area contributed by atoms with Crippen molar-refractivity contribution in [1.29, 1.82) is 0 Å². The minimum absolute atomic E-state index is 0.00389. The van der Waals surface area contributed by atoms with Crippen LogP contribution in [0.15, 0.2) is 36.4 Å². The molecule has 0 spiro atoms. The number of fused-ring (bicyclic) bond motifs is 1. The van der Waals surface area contributed by atoms with Gasteiger partial charge in [-0.3, -0.25) is 14.2 Å². The van der Waals surface area contributed by atoms with Crippen molar-refractivity contribution in [2.24, 2.45) is 5.73 Å². The molecule has 4 rings (SSSR count). The summed E-state index contributed by atoms with van der Waals surface area (Å²) >= 11 is 25.6. The maximum Gasteiger partial charge on any atom is 0.357 e. The number of hydrogen-bond donors (Lipinski definition) is 2. The van der Waals surface area contributed by atoms with Crippen LogP contribution in [0.25, 0.3) is 11.0 Å². The molecule has 0 saturated carbocycles. The quantitative estimate of drug-likeness (QED) is 0.429. The van der Waals surface area contributed by atoms with Crippen LogP contribution in [-0.2, 0) is 9.53 Å². The predicted octanol–water partition coefficient (Wildman–Crippen LogP) is 4.41. The summed E-state index contributed by atoms with van der Waals surface area (Å²) in [7, 11) is 0. The van der Waals surface area contributed by atoms with Gasteiger partial charge in [-0.1, -0.05) is 70.3 Å². The number of primary amides is 1. The van der Waals surface area contributed by atoms with Crippen LogP contribution < -0.4 is 22.0 Å². The van der Waals surface area contributed by atoms with Gasteiger partial charge in [-0.05, 0) is 48.4 Å². The van der Waals surface area contributed by atoms with Gasteiger partial charge in [0.15, 0.2) is 5.69 Å². The van der Waals surface area contributed by atoms with Crippen LogP contribution in [0.3, 0.4) is 0 Å². The lowest BCUT2D eigenvalue weighted by molar-refractivity contribution is -0.112. The molecule has 7 nitrogen and oxygen atoms in total. The van der Waals surface area contributed by atoms with Crippen molar-refractivity contribution in [1.82, 2.24) is 4.57 Å². The van der Waals surface area contributed by atoms with Crippen LogP contribution >= 0.6 is 58.2 Å². The minimum Gasteiger partial charge on any atom is -0.461 e. The van der Waals surface area contributed by atoms with Crippen molar-refractivity contribution in [3.8, 4) is 0 Å². The second kappa shape index (κ2) is 10.4. The van der Waals surface area contributed by atoms with Gasteiger partial charge in [-0.2, -0.15) is 0 Å². The van der Waals surface area contributed by atoms with Crippen molar-refractivity contribution in [3.63, 3.8) is 0 Å². The number of halogens is 4. The highest BCUT2D eigenvalue weighted by Gasteiger charge is 2.38. The van der Waals surface area contributed by atoms with Gasteiger partial charge in [0.05, 0.1) is 22.5 Å². The van der Waals surface area contributed by atoms with Gasteiger partial charge in [0, 0.05) is 25.3 Å². The van der Waals surface area contributed by atoms with E-state index in [9.17, 15) is 14.4 Å². The Morgan fingerprint density at radius 1 is 1.08 bits per heavy atom. The lowest BCUT2D eigenvalue weighted by Crippen LogP contribution is -2.43. The van der Waals surface area contributed by atoms with Crippen LogP contribution in [0, 0.1) is 0 Å². The average Bonchev–Trinajstić information content (AvgIpc) is 3.09. The molecule has 0 saturated heterocycles. The maximum absolute atomic E-state index is 13.8. The first-order valence-corrected chi connectivity index (χ1v) is 12.8. The third-order valence-corrected chi connectivity index (χ3v) is 7.79. The molecule has 36 heavy (non-hydrogen) atoms. The molecule has 0 bridgehead atoms. The lowest BCUT2D eigenvalue weighted by Gasteiger charge is -2.24. The monoisotopic (exact) mass is 583 g/mol. The number of nitrogens with zero attached hydrogens (tertiary/aromatic N) is 1. The number of esters is 1. The average molecular weight is 585 g/mol. The molecule has 0 fully saturated rings. The fourth-order valence-electron chi connectivity index (χ4n) is 3.80. The van der Waals surface area contributed by atoms with E-state index in [-0.39, 0.29) is 38.5 Å². The first-order chi connectivity index (χ1) is 17.0. The van der Waals surface area contributed by atoms with Crippen LogP contribution in [0.1, 0.15) is 38.6 Å². The van der Waals surface area contributed by atoms with E-state index in [1.54, 1.807) is 37.3 Å². The molecule has 4 N–H and O–H groups in total. The Balaban J connectivity index is 2.11. The fourth-order valence-corrected chi connectivity index (χ4v) is 6.05. The number of ether oxygens (including phenoxy) is 1. The molecule has 12 heteroatoms. The van der Waals surface area contributed by atoms with E-state index in [2.05, 4.69) is 0 Å². The molecule has 1 atom stereocenters. The molecule has 1 aromatic heterocycles. The Bertz CT molecular complexity index is 1570. The molecule has 1 amide bonds. The molecule has 3 aromatic rings. The molecule has 0 unspecified atom stereocenters. The highest BCUT2D eigenvalue weighted by Crippen LogP contribution is 2.42. The van der Waals surface area contributed by atoms with E-state index in [4.69, 9.17) is 62.6 Å². The number of thioether (sulfide) groups is 1. The van der Waals surface area contributed by atoms with Crippen molar-refractivity contribution < 1.29 is 19.1 Å². The molecule has 2 aromatic carbocycles. The zero-order chi connectivity index (χ0) is 26.3. The first kappa shape index (κ1) is 26.4. The molecular formula is C24H17Cl4N3O4S. The number of rotatable bonds is 5. The topological polar surface area (TPSA) is 117 Å². The van der Waals surface area contributed by atoms with E-state index in [1.807, 2.05) is 0 Å². The van der Waals surface area contributed by atoms with Crippen LogP contribution in [0.2, 0.25) is 20.1 Å². The van der Waals surface area contributed by atoms with E-state index in [1.165, 1.54) is 12.1 Å². The Morgan fingerprint density at radius 3 is 2.31 bits per heavy atom. The third-order valence-electron chi connectivity index (χ3n) is 5.34. The third kappa shape index (κ3) is 4.71. The predicted molar refractivity (Wildman–Crippen MR) is 144 cm³/mol. The first-order valence-electron chi connectivity index (χ1n) is 10.4. The second-order valence-electron chi connectivity index (χ2n) is 7.59. The largest absolute Gasteiger partial charge is 0.461 e. The van der Waals surface area contributed by atoms with E-state index < -0.39 is 23.0 Å². The van der Waals surface area contributed by atoms with Crippen LogP contribution in [-0.4, -0.2) is 29.0 Å². The Kier molecular flexibility index (Phi) is 7.64. The zero-order valence-electron chi connectivity index (χ0n) is 18.5. The number of benzene rings is 2. The maximum atomic E-state index is 13.8.